The number of nitrogens with zero attached hydrogens (tertiary/aromatic N) is 1. The number of sulfonamides is 1. The summed E-state index contributed by atoms with van der Waals surface area (Å²) in [5.74, 6) is -1.16. The van der Waals surface area contributed by atoms with E-state index in [2.05, 4.69) is 9.71 Å². The molecule has 7 nitrogen and oxygen atoms in total. The van der Waals surface area contributed by atoms with E-state index in [-0.39, 0.29) is 22.7 Å². The number of nitrogens with one attached hydrogen (secondary N) is 1. The van der Waals surface area contributed by atoms with Crippen LogP contribution in [0.3, 0.4) is 0 Å². The Labute approximate surface area is 116 Å². The third-order valence-electron chi connectivity index (χ3n) is 3.28. The molecular weight excluding hydrogens is 284 g/mol. The summed E-state index contributed by atoms with van der Waals surface area (Å²) in [6, 6.07) is 2.15. The average Bonchev–Trinajstić information content (AvgIpc) is 2.41. The minimum Gasteiger partial charge on any atom is -0.478 e. The maximum Gasteiger partial charge on any atom is 0.337 e. The van der Waals surface area contributed by atoms with Crippen molar-refractivity contribution in [1.29, 1.82) is 0 Å². The molecule has 0 amide bonds. The van der Waals surface area contributed by atoms with Crippen LogP contribution in [0.2, 0.25) is 0 Å². The Morgan fingerprint density at radius 3 is 2.40 bits per heavy atom. The van der Waals surface area contributed by atoms with Gasteiger partial charge in [-0.15, -0.1) is 0 Å². The highest BCUT2D eigenvalue weighted by atomic mass is 32.2. The van der Waals surface area contributed by atoms with Gasteiger partial charge in [0.25, 0.3) is 10.0 Å². The molecule has 3 N–H and O–H groups in total. The molecule has 1 aliphatic carbocycles. The quantitative estimate of drug-likeness (QED) is 0.739. The Morgan fingerprint density at radius 2 is 1.90 bits per heavy atom. The van der Waals surface area contributed by atoms with E-state index < -0.39 is 16.0 Å². The molecule has 2 rings (SSSR count). The molecule has 20 heavy (non-hydrogen) atoms. The third-order valence-corrected chi connectivity index (χ3v) is 4.71. The van der Waals surface area contributed by atoms with Crippen LogP contribution in [-0.2, 0) is 10.0 Å². The Kier molecular flexibility index (Phi) is 4.36. The lowest BCUT2D eigenvalue weighted by Crippen LogP contribution is -2.38. The van der Waals surface area contributed by atoms with Crippen LogP contribution in [0.4, 0.5) is 0 Å². The van der Waals surface area contributed by atoms with Gasteiger partial charge in [-0.2, -0.15) is 0 Å². The van der Waals surface area contributed by atoms with Crippen LogP contribution in [0, 0.1) is 0 Å². The topological polar surface area (TPSA) is 117 Å². The first-order valence-corrected chi connectivity index (χ1v) is 7.76. The summed E-state index contributed by atoms with van der Waals surface area (Å²) in [6.07, 6.45) is 2.95. The van der Waals surface area contributed by atoms with Crippen LogP contribution in [0.5, 0.6) is 0 Å². The second-order valence-electron chi connectivity index (χ2n) is 4.82. The molecule has 1 saturated carbocycles. The lowest BCUT2D eigenvalue weighted by molar-refractivity contribution is 0.0696. The number of carbonyl (C=O) groups is 1. The van der Waals surface area contributed by atoms with E-state index in [0.29, 0.717) is 25.7 Å². The van der Waals surface area contributed by atoms with E-state index in [1.807, 2.05) is 0 Å². The van der Waals surface area contributed by atoms with Crippen molar-refractivity contribution in [2.45, 2.75) is 42.9 Å². The number of aliphatic hydroxyl groups is 1. The van der Waals surface area contributed by atoms with Gasteiger partial charge in [0.05, 0.1) is 11.7 Å². The van der Waals surface area contributed by atoms with Gasteiger partial charge in [-0.05, 0) is 37.8 Å². The zero-order valence-electron chi connectivity index (χ0n) is 10.7. The number of aromatic carboxylic acids is 1. The van der Waals surface area contributed by atoms with Gasteiger partial charge < -0.3 is 10.2 Å². The molecule has 1 fully saturated rings. The maximum absolute atomic E-state index is 12.1. The van der Waals surface area contributed by atoms with Gasteiger partial charge in [0.15, 0.2) is 5.03 Å². The predicted octanol–water partition coefficient (Wildman–Crippen LogP) is 0.362. The number of carboxylic acids is 1. The van der Waals surface area contributed by atoms with Gasteiger partial charge in [-0.1, -0.05) is 0 Å². The molecule has 0 unspecified atom stereocenters. The third kappa shape index (κ3) is 3.53. The lowest BCUT2D eigenvalue weighted by Gasteiger charge is -2.25. The molecule has 1 aromatic heterocycles. The molecule has 0 atom stereocenters. The average molecular weight is 300 g/mol. The standard InChI is InChI=1S/C12H16N2O5S/c15-10-4-2-9(3-5-10)14-20(18,19)11-6-1-8(7-13-11)12(16)17/h1,6-7,9-10,14-15H,2-5H2,(H,16,17). The van der Waals surface area contributed by atoms with Crippen molar-refractivity contribution in [3.63, 3.8) is 0 Å². The van der Waals surface area contributed by atoms with Crippen molar-refractivity contribution in [2.75, 3.05) is 0 Å². The Balaban J connectivity index is 2.08. The smallest absolute Gasteiger partial charge is 0.337 e. The summed E-state index contributed by atoms with van der Waals surface area (Å²) in [5, 5.41) is 17.9. The van der Waals surface area contributed by atoms with Crippen molar-refractivity contribution in [1.82, 2.24) is 9.71 Å². The first kappa shape index (κ1) is 14.9. The largest absolute Gasteiger partial charge is 0.478 e. The highest BCUT2D eigenvalue weighted by molar-refractivity contribution is 7.89. The van der Waals surface area contributed by atoms with Gasteiger partial charge in [-0.25, -0.2) is 22.9 Å². The van der Waals surface area contributed by atoms with Crippen LogP contribution < -0.4 is 4.72 Å². The van der Waals surface area contributed by atoms with Gasteiger partial charge in [0.2, 0.25) is 0 Å². The zero-order valence-corrected chi connectivity index (χ0v) is 11.5. The molecular formula is C12H16N2O5S. The molecule has 0 spiro atoms. The Morgan fingerprint density at radius 1 is 1.25 bits per heavy atom. The number of pyridine rings is 1. The van der Waals surface area contributed by atoms with Crippen LogP contribution in [0.15, 0.2) is 23.4 Å². The molecule has 110 valence electrons. The van der Waals surface area contributed by atoms with Crippen molar-refractivity contribution in [3.8, 4) is 0 Å². The van der Waals surface area contributed by atoms with E-state index in [1.54, 1.807) is 0 Å². The summed E-state index contributed by atoms with van der Waals surface area (Å²) in [6.45, 7) is 0. The first-order chi connectivity index (χ1) is 9.38. The van der Waals surface area contributed by atoms with E-state index in [9.17, 15) is 18.3 Å². The number of rotatable bonds is 4. The van der Waals surface area contributed by atoms with Crippen LogP contribution >= 0.6 is 0 Å². The van der Waals surface area contributed by atoms with Crippen LogP contribution in [0.25, 0.3) is 0 Å². The molecule has 8 heteroatoms. The molecule has 0 aliphatic heterocycles. The van der Waals surface area contributed by atoms with Gasteiger partial charge >= 0.3 is 5.97 Å². The molecule has 0 aromatic carbocycles. The highest BCUT2D eigenvalue weighted by Crippen LogP contribution is 2.20. The van der Waals surface area contributed by atoms with Crippen molar-refractivity contribution in [2.24, 2.45) is 0 Å². The number of carboxylic acid groups (broad SMARTS) is 1. The summed E-state index contributed by atoms with van der Waals surface area (Å²) in [5.41, 5.74) is -0.0651. The van der Waals surface area contributed by atoms with Crippen molar-refractivity contribution in [3.05, 3.63) is 23.9 Å². The fourth-order valence-corrected chi connectivity index (χ4v) is 3.37. The van der Waals surface area contributed by atoms with Crippen LogP contribution in [0.1, 0.15) is 36.0 Å². The fraction of sp³-hybridized carbons (Fsp3) is 0.500. The fourth-order valence-electron chi connectivity index (χ4n) is 2.14. The van der Waals surface area contributed by atoms with Crippen molar-refractivity contribution < 1.29 is 23.4 Å². The maximum atomic E-state index is 12.1. The number of aromatic nitrogens is 1. The predicted molar refractivity (Wildman–Crippen MR) is 69.8 cm³/mol. The summed E-state index contributed by atoms with van der Waals surface area (Å²) in [7, 11) is -3.76. The van der Waals surface area contributed by atoms with Gasteiger partial charge in [-0.3, -0.25) is 0 Å². The number of aliphatic hydroxyl groups excluding tert-OH is 1. The number of hydrogen-bond acceptors (Lipinski definition) is 5. The minimum atomic E-state index is -3.76. The second-order valence-corrected chi connectivity index (χ2v) is 6.48. The number of hydrogen-bond donors (Lipinski definition) is 3. The molecule has 0 bridgehead atoms. The molecule has 1 aliphatic rings. The van der Waals surface area contributed by atoms with E-state index in [4.69, 9.17) is 5.11 Å². The molecule has 1 heterocycles. The SMILES string of the molecule is O=C(O)c1ccc(S(=O)(=O)NC2CCC(O)CC2)nc1. The summed E-state index contributed by atoms with van der Waals surface area (Å²) in [4.78, 5) is 14.4. The second kappa shape index (κ2) is 5.86. The van der Waals surface area contributed by atoms with E-state index in [1.165, 1.54) is 12.1 Å². The zero-order chi connectivity index (χ0) is 14.8. The molecule has 0 radical (unpaired) electrons. The van der Waals surface area contributed by atoms with Crippen molar-refractivity contribution >= 4 is 16.0 Å². The normalized spacial score (nSPS) is 23.4. The monoisotopic (exact) mass is 300 g/mol. The Bertz CT molecular complexity index is 576. The Hall–Kier alpha value is -1.51. The molecule has 0 saturated heterocycles. The van der Waals surface area contributed by atoms with Gasteiger partial charge in [0.1, 0.15) is 0 Å². The van der Waals surface area contributed by atoms with Crippen LogP contribution in [-0.4, -0.2) is 41.7 Å². The van der Waals surface area contributed by atoms with E-state index in [0.717, 1.165) is 6.20 Å². The summed E-state index contributed by atoms with van der Waals surface area (Å²) < 4.78 is 26.7. The summed E-state index contributed by atoms with van der Waals surface area (Å²) >= 11 is 0. The van der Waals surface area contributed by atoms with E-state index >= 15 is 0 Å². The van der Waals surface area contributed by atoms with Gasteiger partial charge in [0, 0.05) is 12.2 Å². The minimum absolute atomic E-state index is 0.0651. The lowest BCUT2D eigenvalue weighted by atomic mass is 9.94. The first-order valence-electron chi connectivity index (χ1n) is 6.28. The highest BCUT2D eigenvalue weighted by Gasteiger charge is 2.25. The molecule has 1 aromatic rings.